The molecule has 3 N–H and O–H groups in total. The number of phenols is 1. The molecule has 0 aliphatic heterocycles. The van der Waals surface area contributed by atoms with Crippen molar-refractivity contribution in [3.05, 3.63) is 23.8 Å². The number of hydrogen-bond donors (Lipinski definition) is 3. The highest BCUT2D eigenvalue weighted by Crippen LogP contribution is 2.31. The van der Waals surface area contributed by atoms with Crippen molar-refractivity contribution in [3.8, 4) is 11.6 Å². The number of phenolic OH excluding ortho intramolecular Hbond substituents is 1. The number of hydrogen-bond acceptors (Lipinski definition) is 2. The second kappa shape index (κ2) is 2.94. The fraction of sp³-hybridized carbons (Fsp3) is 0.273. The van der Waals surface area contributed by atoms with Crippen LogP contribution in [0.1, 0.15) is 25.3 Å². The standard InChI is InChI=1S/C11H13NO2/c1-6(2)9-5-8(13)3-7-4-10(14)12-11(7)9/h3-6,12-14H,1-2H3. The Morgan fingerprint density at radius 2 is 1.86 bits per heavy atom. The Labute approximate surface area is 82.0 Å². The maximum Gasteiger partial charge on any atom is 0.189 e. The summed E-state index contributed by atoms with van der Waals surface area (Å²) >= 11 is 0. The van der Waals surface area contributed by atoms with Gasteiger partial charge in [-0.25, -0.2) is 0 Å². The van der Waals surface area contributed by atoms with Crippen LogP contribution in [0.2, 0.25) is 0 Å². The smallest absolute Gasteiger partial charge is 0.189 e. The van der Waals surface area contributed by atoms with E-state index in [4.69, 9.17) is 0 Å². The normalized spacial score (nSPS) is 11.4. The van der Waals surface area contributed by atoms with E-state index in [0.717, 1.165) is 16.5 Å². The molecule has 2 aromatic rings. The lowest BCUT2D eigenvalue weighted by Crippen LogP contribution is -1.88. The highest BCUT2D eigenvalue weighted by atomic mass is 16.3. The van der Waals surface area contributed by atoms with Crippen LogP contribution in [0.25, 0.3) is 10.9 Å². The molecule has 1 aromatic heterocycles. The van der Waals surface area contributed by atoms with Crippen LogP contribution in [0.4, 0.5) is 0 Å². The first-order chi connectivity index (χ1) is 6.58. The fourth-order valence-corrected chi connectivity index (χ4v) is 1.70. The van der Waals surface area contributed by atoms with E-state index in [9.17, 15) is 10.2 Å². The van der Waals surface area contributed by atoms with Crippen LogP contribution in [-0.2, 0) is 0 Å². The predicted octanol–water partition coefficient (Wildman–Crippen LogP) is 2.70. The van der Waals surface area contributed by atoms with Crippen molar-refractivity contribution < 1.29 is 10.2 Å². The number of H-pyrrole nitrogens is 1. The summed E-state index contributed by atoms with van der Waals surface area (Å²) in [6.07, 6.45) is 0. The van der Waals surface area contributed by atoms with Gasteiger partial charge in [-0.15, -0.1) is 0 Å². The molecule has 0 atom stereocenters. The van der Waals surface area contributed by atoms with Gasteiger partial charge in [0.1, 0.15) is 5.75 Å². The van der Waals surface area contributed by atoms with Crippen molar-refractivity contribution in [3.63, 3.8) is 0 Å². The molecular weight excluding hydrogens is 178 g/mol. The number of aromatic amines is 1. The predicted molar refractivity (Wildman–Crippen MR) is 55.7 cm³/mol. The summed E-state index contributed by atoms with van der Waals surface area (Å²) in [5, 5.41) is 19.6. The highest BCUT2D eigenvalue weighted by Gasteiger charge is 2.09. The van der Waals surface area contributed by atoms with Crippen LogP contribution in [0.15, 0.2) is 18.2 Å². The van der Waals surface area contributed by atoms with Gasteiger partial charge in [-0.3, -0.25) is 0 Å². The van der Waals surface area contributed by atoms with Gasteiger partial charge in [-0.05, 0) is 23.6 Å². The molecule has 0 radical (unpaired) electrons. The Morgan fingerprint density at radius 1 is 1.14 bits per heavy atom. The average Bonchev–Trinajstić information content (AvgIpc) is 2.42. The van der Waals surface area contributed by atoms with Crippen LogP contribution >= 0.6 is 0 Å². The number of rotatable bonds is 1. The van der Waals surface area contributed by atoms with E-state index < -0.39 is 0 Å². The van der Waals surface area contributed by atoms with E-state index in [1.165, 1.54) is 0 Å². The summed E-state index contributed by atoms with van der Waals surface area (Å²) in [6.45, 7) is 4.10. The molecule has 2 rings (SSSR count). The molecule has 0 aliphatic carbocycles. The molecule has 74 valence electrons. The first-order valence-electron chi connectivity index (χ1n) is 4.62. The summed E-state index contributed by atoms with van der Waals surface area (Å²) in [7, 11) is 0. The molecule has 0 amide bonds. The quantitative estimate of drug-likeness (QED) is 0.649. The van der Waals surface area contributed by atoms with E-state index in [1.807, 2.05) is 13.8 Å². The van der Waals surface area contributed by atoms with Gasteiger partial charge in [0, 0.05) is 11.5 Å². The van der Waals surface area contributed by atoms with Crippen LogP contribution < -0.4 is 0 Å². The molecule has 14 heavy (non-hydrogen) atoms. The van der Waals surface area contributed by atoms with Crippen molar-refractivity contribution >= 4 is 10.9 Å². The number of benzene rings is 1. The van der Waals surface area contributed by atoms with Crippen LogP contribution in [0, 0.1) is 0 Å². The fourth-order valence-electron chi connectivity index (χ4n) is 1.70. The minimum atomic E-state index is 0.132. The zero-order valence-corrected chi connectivity index (χ0v) is 8.20. The van der Waals surface area contributed by atoms with Crippen molar-refractivity contribution in [2.24, 2.45) is 0 Å². The third-order valence-corrected chi connectivity index (χ3v) is 2.35. The molecule has 3 nitrogen and oxygen atoms in total. The lowest BCUT2D eigenvalue weighted by molar-refractivity contribution is 0.458. The van der Waals surface area contributed by atoms with Gasteiger partial charge in [-0.1, -0.05) is 13.8 Å². The summed E-state index contributed by atoms with van der Waals surface area (Å²) in [5.41, 5.74) is 1.91. The Kier molecular flexibility index (Phi) is 1.88. The molecular formula is C11H13NO2. The Hall–Kier alpha value is -1.64. The molecule has 0 fully saturated rings. The summed E-state index contributed by atoms with van der Waals surface area (Å²) in [4.78, 5) is 2.88. The van der Waals surface area contributed by atoms with E-state index >= 15 is 0 Å². The van der Waals surface area contributed by atoms with Gasteiger partial charge in [-0.2, -0.15) is 0 Å². The molecule has 0 bridgehead atoms. The average molecular weight is 191 g/mol. The van der Waals surface area contributed by atoms with Crippen molar-refractivity contribution in [2.75, 3.05) is 0 Å². The minimum Gasteiger partial charge on any atom is -0.508 e. The largest absolute Gasteiger partial charge is 0.508 e. The SMILES string of the molecule is CC(C)c1cc(O)cc2cc(O)[nH]c12. The van der Waals surface area contributed by atoms with Crippen LogP contribution in [0.5, 0.6) is 11.6 Å². The Bertz CT molecular complexity index is 471. The van der Waals surface area contributed by atoms with Crippen molar-refractivity contribution in [1.82, 2.24) is 4.98 Å². The van der Waals surface area contributed by atoms with E-state index in [-0.39, 0.29) is 11.6 Å². The Morgan fingerprint density at radius 3 is 2.50 bits per heavy atom. The zero-order chi connectivity index (χ0) is 10.3. The van der Waals surface area contributed by atoms with E-state index in [2.05, 4.69) is 4.98 Å². The third kappa shape index (κ3) is 1.31. The van der Waals surface area contributed by atoms with Crippen LogP contribution in [-0.4, -0.2) is 15.2 Å². The van der Waals surface area contributed by atoms with Gasteiger partial charge in [0.15, 0.2) is 5.88 Å². The maximum atomic E-state index is 9.47. The number of fused-ring (bicyclic) bond motifs is 1. The van der Waals surface area contributed by atoms with Gasteiger partial charge in [0.25, 0.3) is 0 Å². The molecule has 0 saturated carbocycles. The van der Waals surface area contributed by atoms with Crippen molar-refractivity contribution in [2.45, 2.75) is 19.8 Å². The van der Waals surface area contributed by atoms with Crippen LogP contribution in [0.3, 0.4) is 0 Å². The first kappa shape index (κ1) is 8.94. The van der Waals surface area contributed by atoms with Crippen molar-refractivity contribution in [1.29, 1.82) is 0 Å². The first-order valence-corrected chi connectivity index (χ1v) is 4.62. The van der Waals surface area contributed by atoms with E-state index in [0.29, 0.717) is 5.92 Å². The summed E-state index contributed by atoms with van der Waals surface area (Å²) in [5.74, 6) is 0.676. The molecule has 3 heteroatoms. The molecule has 0 aliphatic rings. The lowest BCUT2D eigenvalue weighted by atomic mass is 10.0. The van der Waals surface area contributed by atoms with Gasteiger partial charge >= 0.3 is 0 Å². The monoisotopic (exact) mass is 191 g/mol. The number of aromatic hydroxyl groups is 2. The second-order valence-electron chi connectivity index (χ2n) is 3.81. The lowest BCUT2D eigenvalue weighted by Gasteiger charge is -2.07. The van der Waals surface area contributed by atoms with Gasteiger partial charge in [0.05, 0.1) is 5.52 Å². The molecule has 1 heterocycles. The Balaban J connectivity index is 2.79. The second-order valence-corrected chi connectivity index (χ2v) is 3.81. The topological polar surface area (TPSA) is 56.2 Å². The number of nitrogens with one attached hydrogen (secondary N) is 1. The molecule has 1 aromatic carbocycles. The van der Waals surface area contributed by atoms with E-state index in [1.54, 1.807) is 18.2 Å². The van der Waals surface area contributed by atoms with Gasteiger partial charge in [0.2, 0.25) is 0 Å². The number of aromatic nitrogens is 1. The summed E-state index contributed by atoms with van der Waals surface area (Å²) in [6, 6.07) is 4.97. The zero-order valence-electron chi connectivity index (χ0n) is 8.20. The third-order valence-electron chi connectivity index (χ3n) is 2.35. The highest BCUT2D eigenvalue weighted by molar-refractivity contribution is 5.86. The molecule has 0 unspecified atom stereocenters. The van der Waals surface area contributed by atoms with Gasteiger partial charge < -0.3 is 15.2 Å². The summed E-state index contributed by atoms with van der Waals surface area (Å²) < 4.78 is 0. The maximum absolute atomic E-state index is 9.47. The minimum absolute atomic E-state index is 0.132. The molecule has 0 spiro atoms. The molecule has 0 saturated heterocycles.